The van der Waals surface area contributed by atoms with Crippen molar-refractivity contribution < 1.29 is 13.6 Å². The molecule has 0 saturated carbocycles. The van der Waals surface area contributed by atoms with Gasteiger partial charge in [-0.3, -0.25) is 4.79 Å². The van der Waals surface area contributed by atoms with E-state index >= 15 is 0 Å². The summed E-state index contributed by atoms with van der Waals surface area (Å²) in [6.07, 6.45) is 0.645. The number of carbonyl (C=O) groups excluding carboxylic acids is 1. The van der Waals surface area contributed by atoms with Crippen molar-refractivity contribution in [1.82, 2.24) is 5.32 Å². The Morgan fingerprint density at radius 3 is 2.53 bits per heavy atom. The van der Waals surface area contributed by atoms with Gasteiger partial charge in [-0.15, -0.1) is 12.4 Å². The molecule has 0 saturated heterocycles. The smallest absolute Gasteiger partial charge is 0.252 e. The predicted molar refractivity (Wildman–Crippen MR) is 72.3 cm³/mol. The highest BCUT2D eigenvalue weighted by molar-refractivity contribution is 14.1. The molecule has 0 radical (unpaired) electrons. The van der Waals surface area contributed by atoms with Crippen molar-refractivity contribution in [3.63, 3.8) is 0 Å². The molecule has 0 bridgehead atoms. The third-order valence-corrected chi connectivity index (χ3v) is 2.81. The molecule has 0 heterocycles. The first-order chi connectivity index (χ1) is 7.56. The SMILES string of the molecule is Cl.NCCCNC(=O)c1cc(F)c(F)cc1I. The molecule has 96 valence electrons. The Bertz CT molecular complexity index is 404. The van der Waals surface area contributed by atoms with Crippen LogP contribution in [0, 0.1) is 15.2 Å². The highest BCUT2D eigenvalue weighted by Gasteiger charge is 2.13. The number of nitrogens with one attached hydrogen (secondary N) is 1. The monoisotopic (exact) mass is 376 g/mol. The van der Waals surface area contributed by atoms with Crippen LogP contribution in [0.15, 0.2) is 12.1 Å². The number of carbonyl (C=O) groups is 1. The zero-order valence-electron chi connectivity index (χ0n) is 8.80. The summed E-state index contributed by atoms with van der Waals surface area (Å²) in [4.78, 5) is 11.6. The molecule has 0 unspecified atom stereocenters. The lowest BCUT2D eigenvalue weighted by atomic mass is 10.2. The predicted octanol–water partition coefficient (Wildman–Crippen LogP) is 2.07. The minimum absolute atomic E-state index is 0. The molecule has 0 aliphatic carbocycles. The molecule has 1 amide bonds. The molecule has 0 aliphatic rings. The van der Waals surface area contributed by atoms with E-state index in [1.807, 2.05) is 0 Å². The van der Waals surface area contributed by atoms with Crippen LogP contribution >= 0.6 is 35.0 Å². The molecule has 0 aliphatic heterocycles. The Morgan fingerprint density at radius 1 is 1.35 bits per heavy atom. The summed E-state index contributed by atoms with van der Waals surface area (Å²) in [5, 5.41) is 2.57. The van der Waals surface area contributed by atoms with E-state index in [4.69, 9.17) is 5.73 Å². The summed E-state index contributed by atoms with van der Waals surface area (Å²) in [5.74, 6) is -2.40. The summed E-state index contributed by atoms with van der Waals surface area (Å²) >= 11 is 1.79. The first-order valence-electron chi connectivity index (χ1n) is 4.69. The van der Waals surface area contributed by atoms with Crippen LogP contribution in [0.3, 0.4) is 0 Å². The Balaban J connectivity index is 0.00000256. The van der Waals surface area contributed by atoms with Gasteiger partial charge in [0.25, 0.3) is 5.91 Å². The molecule has 0 atom stereocenters. The van der Waals surface area contributed by atoms with Crippen LogP contribution < -0.4 is 11.1 Å². The standard InChI is InChI=1S/C10H11F2IN2O.ClH/c11-7-4-6(9(13)5-8(7)12)10(16)15-3-1-2-14;/h4-5H,1-3,14H2,(H,15,16);1H. The minimum Gasteiger partial charge on any atom is -0.352 e. The molecule has 0 fully saturated rings. The first-order valence-corrected chi connectivity index (χ1v) is 5.77. The van der Waals surface area contributed by atoms with E-state index in [2.05, 4.69) is 5.32 Å². The molecule has 1 rings (SSSR count). The number of hydrogen-bond acceptors (Lipinski definition) is 2. The Morgan fingerprint density at radius 2 is 1.94 bits per heavy atom. The first kappa shape index (κ1) is 16.5. The molecule has 7 heteroatoms. The van der Waals surface area contributed by atoms with E-state index in [9.17, 15) is 13.6 Å². The molecular formula is C10H12ClF2IN2O. The maximum Gasteiger partial charge on any atom is 0.252 e. The fourth-order valence-corrected chi connectivity index (χ4v) is 1.77. The van der Waals surface area contributed by atoms with Gasteiger partial charge in [0.1, 0.15) is 0 Å². The highest BCUT2D eigenvalue weighted by atomic mass is 127. The van der Waals surface area contributed by atoms with Gasteiger partial charge in [0.05, 0.1) is 5.56 Å². The molecule has 0 spiro atoms. The minimum atomic E-state index is -1.02. The Kier molecular flexibility index (Phi) is 7.56. The summed E-state index contributed by atoms with van der Waals surface area (Å²) < 4.78 is 26.1. The molecule has 1 aromatic rings. The van der Waals surface area contributed by atoms with E-state index in [1.165, 1.54) is 0 Å². The maximum atomic E-state index is 12.9. The van der Waals surface area contributed by atoms with Crippen LogP contribution in [0.4, 0.5) is 8.78 Å². The number of nitrogens with two attached hydrogens (primary N) is 1. The average molecular weight is 377 g/mol. The molecule has 17 heavy (non-hydrogen) atoms. The van der Waals surface area contributed by atoms with E-state index in [0.29, 0.717) is 23.1 Å². The largest absolute Gasteiger partial charge is 0.352 e. The topological polar surface area (TPSA) is 55.1 Å². The van der Waals surface area contributed by atoms with Gasteiger partial charge in [0.15, 0.2) is 11.6 Å². The zero-order chi connectivity index (χ0) is 12.1. The second-order valence-corrected chi connectivity index (χ2v) is 4.31. The Hall–Kier alpha value is -0.470. The third kappa shape index (κ3) is 4.72. The van der Waals surface area contributed by atoms with Crippen LogP contribution in [0.25, 0.3) is 0 Å². The van der Waals surface area contributed by atoms with Gasteiger partial charge in [-0.05, 0) is 47.7 Å². The van der Waals surface area contributed by atoms with Gasteiger partial charge < -0.3 is 11.1 Å². The normalized spacial score (nSPS) is 9.65. The van der Waals surface area contributed by atoms with Crippen LogP contribution in [0.2, 0.25) is 0 Å². The molecular weight excluding hydrogens is 364 g/mol. The lowest BCUT2D eigenvalue weighted by Gasteiger charge is -2.06. The van der Waals surface area contributed by atoms with E-state index in [1.54, 1.807) is 22.6 Å². The maximum absolute atomic E-state index is 12.9. The van der Waals surface area contributed by atoms with Crippen molar-refractivity contribution in [1.29, 1.82) is 0 Å². The fraction of sp³-hybridized carbons (Fsp3) is 0.300. The lowest BCUT2D eigenvalue weighted by Crippen LogP contribution is -2.26. The van der Waals surface area contributed by atoms with E-state index < -0.39 is 17.5 Å². The second kappa shape index (κ2) is 7.78. The molecule has 1 aromatic carbocycles. The van der Waals surface area contributed by atoms with Crippen LogP contribution in [0.5, 0.6) is 0 Å². The van der Waals surface area contributed by atoms with Crippen molar-refractivity contribution in [2.75, 3.05) is 13.1 Å². The number of rotatable bonds is 4. The van der Waals surface area contributed by atoms with Gasteiger partial charge >= 0.3 is 0 Å². The lowest BCUT2D eigenvalue weighted by molar-refractivity contribution is 0.0952. The molecule has 0 aromatic heterocycles. The molecule has 3 nitrogen and oxygen atoms in total. The van der Waals surface area contributed by atoms with Crippen LogP contribution in [0.1, 0.15) is 16.8 Å². The van der Waals surface area contributed by atoms with E-state index in [-0.39, 0.29) is 18.0 Å². The number of halogens is 4. The zero-order valence-corrected chi connectivity index (χ0v) is 11.8. The average Bonchev–Trinajstić information content (AvgIpc) is 2.23. The summed E-state index contributed by atoms with van der Waals surface area (Å²) in [5.41, 5.74) is 5.40. The van der Waals surface area contributed by atoms with Gasteiger partial charge in [0, 0.05) is 10.1 Å². The van der Waals surface area contributed by atoms with Crippen LogP contribution in [-0.2, 0) is 0 Å². The summed E-state index contributed by atoms with van der Waals surface area (Å²) in [6.45, 7) is 0.888. The fourth-order valence-electron chi connectivity index (χ4n) is 1.10. The van der Waals surface area contributed by atoms with Crippen molar-refractivity contribution in [3.05, 3.63) is 32.9 Å². The van der Waals surface area contributed by atoms with E-state index in [0.717, 1.165) is 12.1 Å². The van der Waals surface area contributed by atoms with Crippen molar-refractivity contribution in [2.45, 2.75) is 6.42 Å². The van der Waals surface area contributed by atoms with Crippen molar-refractivity contribution in [3.8, 4) is 0 Å². The highest BCUT2D eigenvalue weighted by Crippen LogP contribution is 2.16. The van der Waals surface area contributed by atoms with Crippen molar-refractivity contribution >= 4 is 40.9 Å². The van der Waals surface area contributed by atoms with Crippen molar-refractivity contribution in [2.24, 2.45) is 5.73 Å². The number of benzene rings is 1. The van der Waals surface area contributed by atoms with Gasteiger partial charge in [-0.1, -0.05) is 0 Å². The van der Waals surface area contributed by atoms with Gasteiger partial charge in [0.2, 0.25) is 0 Å². The molecule has 3 N–H and O–H groups in total. The number of hydrogen-bond donors (Lipinski definition) is 2. The number of amides is 1. The second-order valence-electron chi connectivity index (χ2n) is 3.14. The van der Waals surface area contributed by atoms with Gasteiger partial charge in [-0.25, -0.2) is 8.78 Å². The quantitative estimate of drug-likeness (QED) is 0.480. The summed E-state index contributed by atoms with van der Waals surface area (Å²) in [7, 11) is 0. The van der Waals surface area contributed by atoms with Crippen LogP contribution in [-0.4, -0.2) is 19.0 Å². The Labute approximate surface area is 118 Å². The third-order valence-electron chi connectivity index (χ3n) is 1.92. The van der Waals surface area contributed by atoms with Gasteiger partial charge in [-0.2, -0.15) is 0 Å². The summed E-state index contributed by atoms with van der Waals surface area (Å²) in [6, 6.07) is 1.89.